The first-order chi connectivity index (χ1) is 11.8. The SMILES string of the molecule is CCOC(=O)c1ccc(C=C2CCCCCCCCCCC2)cc1. The molecule has 1 fully saturated rings. The zero-order chi connectivity index (χ0) is 17.0. The fourth-order valence-electron chi connectivity index (χ4n) is 3.38. The molecule has 2 heteroatoms. The lowest BCUT2D eigenvalue weighted by Gasteiger charge is -2.11. The molecule has 24 heavy (non-hydrogen) atoms. The minimum Gasteiger partial charge on any atom is -0.462 e. The van der Waals surface area contributed by atoms with Crippen LogP contribution in [0.1, 0.15) is 93.5 Å². The van der Waals surface area contributed by atoms with Gasteiger partial charge in [0.05, 0.1) is 12.2 Å². The Labute approximate surface area is 147 Å². The monoisotopic (exact) mass is 328 g/mol. The van der Waals surface area contributed by atoms with Crippen molar-refractivity contribution in [2.45, 2.75) is 77.6 Å². The van der Waals surface area contributed by atoms with Crippen molar-refractivity contribution in [3.63, 3.8) is 0 Å². The minimum atomic E-state index is -0.234. The summed E-state index contributed by atoms with van der Waals surface area (Å²) < 4.78 is 5.04. The van der Waals surface area contributed by atoms with Crippen molar-refractivity contribution in [2.75, 3.05) is 6.61 Å². The molecular weight excluding hydrogens is 296 g/mol. The van der Waals surface area contributed by atoms with E-state index in [0.717, 1.165) is 0 Å². The topological polar surface area (TPSA) is 26.3 Å². The largest absolute Gasteiger partial charge is 0.462 e. The maximum absolute atomic E-state index is 11.7. The van der Waals surface area contributed by atoms with Crippen LogP contribution in [0.15, 0.2) is 29.8 Å². The lowest BCUT2D eigenvalue weighted by atomic mass is 9.96. The number of hydrogen-bond acceptors (Lipinski definition) is 2. The van der Waals surface area contributed by atoms with Gasteiger partial charge in [-0.05, 0) is 50.3 Å². The average molecular weight is 328 g/mol. The lowest BCUT2D eigenvalue weighted by Crippen LogP contribution is -2.04. The van der Waals surface area contributed by atoms with Gasteiger partial charge in [0, 0.05) is 0 Å². The molecule has 0 bridgehead atoms. The normalized spacial score (nSPS) is 17.5. The molecule has 0 N–H and O–H groups in total. The Balaban J connectivity index is 1.98. The molecule has 1 saturated carbocycles. The van der Waals surface area contributed by atoms with Gasteiger partial charge in [0.2, 0.25) is 0 Å². The highest BCUT2D eigenvalue weighted by Crippen LogP contribution is 2.22. The second-order valence-electron chi connectivity index (χ2n) is 6.83. The third-order valence-corrected chi connectivity index (χ3v) is 4.79. The van der Waals surface area contributed by atoms with E-state index in [2.05, 4.69) is 6.08 Å². The molecule has 1 aromatic carbocycles. The van der Waals surface area contributed by atoms with E-state index in [1.807, 2.05) is 31.2 Å². The van der Waals surface area contributed by atoms with Gasteiger partial charge in [-0.25, -0.2) is 4.79 Å². The van der Waals surface area contributed by atoms with Gasteiger partial charge in [0.1, 0.15) is 0 Å². The first-order valence-corrected chi connectivity index (χ1v) is 9.76. The quantitative estimate of drug-likeness (QED) is 0.588. The predicted molar refractivity (Wildman–Crippen MR) is 101 cm³/mol. The Morgan fingerprint density at radius 3 is 1.88 bits per heavy atom. The molecule has 0 amide bonds. The van der Waals surface area contributed by atoms with Crippen molar-refractivity contribution >= 4 is 12.0 Å². The highest BCUT2D eigenvalue weighted by atomic mass is 16.5. The standard InChI is InChI=1S/C22H32O2/c1-2-24-22(23)21-16-14-20(15-17-21)18-19-12-10-8-6-4-3-5-7-9-11-13-19/h14-18H,2-13H2,1H3. The summed E-state index contributed by atoms with van der Waals surface area (Å²) in [6.45, 7) is 2.25. The van der Waals surface area contributed by atoms with Crippen LogP contribution in [-0.4, -0.2) is 12.6 Å². The van der Waals surface area contributed by atoms with E-state index in [-0.39, 0.29) is 5.97 Å². The Morgan fingerprint density at radius 1 is 0.875 bits per heavy atom. The Hall–Kier alpha value is -1.57. The molecule has 0 unspecified atom stereocenters. The van der Waals surface area contributed by atoms with Crippen molar-refractivity contribution in [1.82, 2.24) is 0 Å². The number of carbonyl (C=O) groups is 1. The third-order valence-electron chi connectivity index (χ3n) is 4.79. The summed E-state index contributed by atoms with van der Waals surface area (Å²) in [4.78, 5) is 11.7. The summed E-state index contributed by atoms with van der Waals surface area (Å²) in [6.07, 6.45) is 17.2. The second kappa shape index (κ2) is 11.1. The maximum atomic E-state index is 11.7. The van der Waals surface area contributed by atoms with Crippen LogP contribution in [0.4, 0.5) is 0 Å². The van der Waals surface area contributed by atoms with E-state index in [4.69, 9.17) is 4.74 Å². The smallest absolute Gasteiger partial charge is 0.338 e. The fourth-order valence-corrected chi connectivity index (χ4v) is 3.38. The van der Waals surface area contributed by atoms with Crippen LogP contribution in [0, 0.1) is 0 Å². The third kappa shape index (κ3) is 6.90. The molecule has 1 aliphatic rings. The van der Waals surface area contributed by atoms with E-state index in [9.17, 15) is 4.79 Å². The zero-order valence-electron chi connectivity index (χ0n) is 15.2. The summed E-state index contributed by atoms with van der Waals surface area (Å²) in [5.74, 6) is -0.234. The highest BCUT2D eigenvalue weighted by molar-refractivity contribution is 5.89. The van der Waals surface area contributed by atoms with Crippen molar-refractivity contribution in [3.05, 3.63) is 41.0 Å². The predicted octanol–water partition coefficient (Wildman–Crippen LogP) is 6.55. The molecular formula is C22H32O2. The van der Waals surface area contributed by atoms with Gasteiger partial charge < -0.3 is 4.74 Å². The Bertz CT molecular complexity index is 499. The molecule has 0 radical (unpaired) electrons. The van der Waals surface area contributed by atoms with Crippen molar-refractivity contribution in [3.8, 4) is 0 Å². The maximum Gasteiger partial charge on any atom is 0.338 e. The molecule has 1 aliphatic carbocycles. The summed E-state index contributed by atoms with van der Waals surface area (Å²) in [7, 11) is 0. The van der Waals surface area contributed by atoms with E-state index in [1.165, 1.54) is 76.2 Å². The van der Waals surface area contributed by atoms with Crippen molar-refractivity contribution in [1.29, 1.82) is 0 Å². The number of carbonyl (C=O) groups excluding carboxylic acids is 1. The van der Waals surface area contributed by atoms with Crippen LogP contribution in [0.3, 0.4) is 0 Å². The first-order valence-electron chi connectivity index (χ1n) is 9.76. The number of benzene rings is 1. The van der Waals surface area contributed by atoms with Crippen LogP contribution in [0.2, 0.25) is 0 Å². The summed E-state index contributed by atoms with van der Waals surface area (Å²) in [5.41, 5.74) is 3.40. The van der Waals surface area contributed by atoms with Gasteiger partial charge >= 0.3 is 5.97 Å². The summed E-state index contributed by atoms with van der Waals surface area (Å²) >= 11 is 0. The van der Waals surface area contributed by atoms with E-state index in [0.29, 0.717) is 12.2 Å². The van der Waals surface area contributed by atoms with E-state index >= 15 is 0 Å². The van der Waals surface area contributed by atoms with Gasteiger partial charge in [0.15, 0.2) is 0 Å². The van der Waals surface area contributed by atoms with Crippen LogP contribution < -0.4 is 0 Å². The molecule has 0 spiro atoms. The van der Waals surface area contributed by atoms with Crippen molar-refractivity contribution < 1.29 is 9.53 Å². The zero-order valence-corrected chi connectivity index (χ0v) is 15.2. The number of hydrogen-bond donors (Lipinski definition) is 0. The van der Waals surface area contributed by atoms with E-state index < -0.39 is 0 Å². The first kappa shape index (κ1) is 18.8. The molecule has 0 atom stereocenters. The average Bonchev–Trinajstić information content (AvgIpc) is 2.58. The Morgan fingerprint density at radius 2 is 1.38 bits per heavy atom. The molecule has 0 aromatic heterocycles. The Kier molecular flexibility index (Phi) is 8.65. The van der Waals surface area contributed by atoms with Crippen LogP contribution in [0.5, 0.6) is 0 Å². The highest BCUT2D eigenvalue weighted by Gasteiger charge is 2.06. The van der Waals surface area contributed by atoms with Crippen LogP contribution >= 0.6 is 0 Å². The summed E-state index contributed by atoms with van der Waals surface area (Å²) in [6, 6.07) is 7.82. The van der Waals surface area contributed by atoms with Crippen molar-refractivity contribution in [2.24, 2.45) is 0 Å². The molecule has 2 rings (SSSR count). The molecule has 0 saturated heterocycles. The van der Waals surface area contributed by atoms with Gasteiger partial charge in [-0.2, -0.15) is 0 Å². The minimum absolute atomic E-state index is 0.234. The number of rotatable bonds is 3. The summed E-state index contributed by atoms with van der Waals surface area (Å²) in [5, 5.41) is 0. The van der Waals surface area contributed by atoms with E-state index in [1.54, 1.807) is 5.57 Å². The van der Waals surface area contributed by atoms with Crippen LogP contribution in [0.25, 0.3) is 6.08 Å². The number of allylic oxidation sites excluding steroid dienone is 1. The van der Waals surface area contributed by atoms with Crippen LogP contribution in [-0.2, 0) is 4.74 Å². The molecule has 2 nitrogen and oxygen atoms in total. The van der Waals surface area contributed by atoms with Gasteiger partial charge in [0.25, 0.3) is 0 Å². The molecule has 0 aliphatic heterocycles. The lowest BCUT2D eigenvalue weighted by molar-refractivity contribution is 0.0526. The molecule has 1 aromatic rings. The molecule has 0 heterocycles. The number of esters is 1. The van der Waals surface area contributed by atoms with Gasteiger partial charge in [-0.1, -0.05) is 68.7 Å². The number of ether oxygens (including phenoxy) is 1. The fraction of sp³-hybridized carbons (Fsp3) is 0.591. The van der Waals surface area contributed by atoms with Gasteiger partial charge in [-0.15, -0.1) is 0 Å². The second-order valence-corrected chi connectivity index (χ2v) is 6.83. The molecule has 132 valence electrons. The van der Waals surface area contributed by atoms with Gasteiger partial charge in [-0.3, -0.25) is 0 Å².